The summed E-state index contributed by atoms with van der Waals surface area (Å²) in [4.78, 5) is 33.5. The Morgan fingerprint density at radius 2 is 1.78 bits per heavy atom. The molecule has 0 unspecified atom stereocenters. The zero-order valence-electron chi connectivity index (χ0n) is 21.8. The lowest BCUT2D eigenvalue weighted by Gasteiger charge is -2.30. The summed E-state index contributed by atoms with van der Waals surface area (Å²) < 4.78 is 6.73. The van der Waals surface area contributed by atoms with E-state index in [4.69, 9.17) is 4.74 Å². The van der Waals surface area contributed by atoms with Gasteiger partial charge in [0.1, 0.15) is 5.82 Å². The van der Waals surface area contributed by atoms with Gasteiger partial charge in [0.15, 0.2) is 0 Å². The van der Waals surface area contributed by atoms with Crippen LogP contribution in [0.1, 0.15) is 37.8 Å². The highest BCUT2D eigenvalue weighted by molar-refractivity contribution is 5.95. The fourth-order valence-electron chi connectivity index (χ4n) is 5.43. The van der Waals surface area contributed by atoms with Crippen molar-refractivity contribution in [1.29, 1.82) is 0 Å². The van der Waals surface area contributed by atoms with E-state index in [2.05, 4.69) is 38.5 Å². The van der Waals surface area contributed by atoms with Gasteiger partial charge in [-0.1, -0.05) is 18.6 Å². The molecule has 0 saturated carbocycles. The van der Waals surface area contributed by atoms with E-state index in [-0.39, 0.29) is 24.3 Å². The summed E-state index contributed by atoms with van der Waals surface area (Å²) >= 11 is 0. The molecule has 2 fully saturated rings. The van der Waals surface area contributed by atoms with Gasteiger partial charge in [0.2, 0.25) is 5.91 Å². The maximum Gasteiger partial charge on any atom is 0.319 e. The van der Waals surface area contributed by atoms with E-state index in [9.17, 15) is 9.59 Å². The van der Waals surface area contributed by atoms with E-state index in [1.807, 2.05) is 35.1 Å². The Morgan fingerprint density at radius 3 is 2.54 bits per heavy atom. The number of carbonyl (C=O) groups excluding carboxylic acids is 2. The third-order valence-electron chi connectivity index (χ3n) is 7.71. The molecule has 0 aliphatic carbocycles. The number of methoxy groups -OCH3 is 1. The van der Waals surface area contributed by atoms with Gasteiger partial charge in [-0.25, -0.2) is 4.98 Å². The molecule has 2 aromatic heterocycles. The second-order valence-electron chi connectivity index (χ2n) is 10.2. The van der Waals surface area contributed by atoms with Crippen LogP contribution in [0.3, 0.4) is 0 Å². The van der Waals surface area contributed by atoms with Crippen molar-refractivity contribution in [1.82, 2.24) is 24.6 Å². The molecule has 1 N–H and O–H groups in total. The first-order valence-corrected chi connectivity index (χ1v) is 13.2. The van der Waals surface area contributed by atoms with Gasteiger partial charge in [0.25, 0.3) is 0 Å². The molecule has 1 aromatic carbocycles. The number of esters is 1. The number of hydrogen-bond donors (Lipinski definition) is 1. The normalized spacial score (nSPS) is 17.7. The Morgan fingerprint density at radius 1 is 1.00 bits per heavy atom. The predicted octanol–water partition coefficient (Wildman–Crippen LogP) is 3.44. The van der Waals surface area contributed by atoms with Gasteiger partial charge < -0.3 is 10.1 Å². The number of benzene rings is 1. The largest absolute Gasteiger partial charge is 0.468 e. The lowest BCUT2D eigenvalue weighted by Crippen LogP contribution is -2.40. The number of aromatic nitrogens is 3. The number of likely N-dealkylation sites (tertiary alicyclic amines) is 2. The van der Waals surface area contributed by atoms with Crippen LogP contribution in [0.15, 0.2) is 36.7 Å². The molecule has 37 heavy (non-hydrogen) atoms. The average Bonchev–Trinajstić information content (AvgIpc) is 3.28. The lowest BCUT2D eigenvalue weighted by molar-refractivity contribution is -0.142. The predicted molar refractivity (Wildman–Crippen MR) is 143 cm³/mol. The van der Waals surface area contributed by atoms with E-state index in [1.165, 1.54) is 32.1 Å². The molecule has 9 nitrogen and oxygen atoms in total. The fourth-order valence-corrected chi connectivity index (χ4v) is 5.43. The molecular formula is C28H36N6O3. The molecule has 2 aliphatic rings. The lowest BCUT2D eigenvalue weighted by atomic mass is 9.96. The number of nitrogens with one attached hydrogen (secondary N) is 1. The molecule has 196 valence electrons. The van der Waals surface area contributed by atoms with Crippen LogP contribution < -0.4 is 5.32 Å². The van der Waals surface area contributed by atoms with Crippen LogP contribution in [-0.4, -0.2) is 76.3 Å². The third-order valence-corrected chi connectivity index (χ3v) is 7.71. The number of carbonyl (C=O) groups is 2. The molecule has 1 amide bonds. The van der Waals surface area contributed by atoms with E-state index in [0.29, 0.717) is 31.7 Å². The van der Waals surface area contributed by atoms with Crippen molar-refractivity contribution in [3.63, 3.8) is 0 Å². The Kier molecular flexibility index (Phi) is 7.81. The van der Waals surface area contributed by atoms with Gasteiger partial charge in [0, 0.05) is 36.7 Å². The van der Waals surface area contributed by atoms with Crippen molar-refractivity contribution >= 4 is 28.5 Å². The van der Waals surface area contributed by atoms with Crippen molar-refractivity contribution in [3.05, 3.63) is 42.4 Å². The zero-order valence-corrected chi connectivity index (χ0v) is 21.8. The van der Waals surface area contributed by atoms with Crippen LogP contribution in [-0.2, 0) is 27.9 Å². The van der Waals surface area contributed by atoms with Crippen molar-refractivity contribution in [2.45, 2.75) is 38.6 Å². The third kappa shape index (κ3) is 5.99. The van der Waals surface area contributed by atoms with Crippen molar-refractivity contribution in [2.24, 2.45) is 13.0 Å². The van der Waals surface area contributed by atoms with Gasteiger partial charge in [-0.3, -0.25) is 24.1 Å². The fraction of sp³-hybridized carbons (Fsp3) is 0.500. The number of nitrogens with zero attached hydrogens (tertiary/aromatic N) is 5. The highest BCUT2D eigenvalue weighted by Crippen LogP contribution is 2.29. The van der Waals surface area contributed by atoms with Gasteiger partial charge in [-0.15, -0.1) is 0 Å². The molecule has 0 radical (unpaired) electrons. The summed E-state index contributed by atoms with van der Waals surface area (Å²) in [5.74, 6) is 0.209. The number of hydrogen-bond acceptors (Lipinski definition) is 7. The number of pyridine rings is 1. The van der Waals surface area contributed by atoms with E-state index < -0.39 is 0 Å². The number of amides is 1. The molecule has 0 atom stereocenters. The second-order valence-corrected chi connectivity index (χ2v) is 10.2. The van der Waals surface area contributed by atoms with Crippen LogP contribution in [0, 0.1) is 5.92 Å². The van der Waals surface area contributed by atoms with Crippen molar-refractivity contribution in [3.8, 4) is 11.1 Å². The zero-order chi connectivity index (χ0) is 25.8. The second kappa shape index (κ2) is 11.4. The molecule has 0 spiro atoms. The number of ether oxygens (including phenoxy) is 1. The van der Waals surface area contributed by atoms with Gasteiger partial charge in [-0.05, 0) is 74.9 Å². The summed E-state index contributed by atoms with van der Waals surface area (Å²) in [6.07, 6.45) is 9.03. The number of aryl methyl sites for hydroxylation is 1. The minimum atomic E-state index is -0.243. The van der Waals surface area contributed by atoms with Gasteiger partial charge >= 0.3 is 5.97 Å². The summed E-state index contributed by atoms with van der Waals surface area (Å²) in [6, 6.07) is 8.32. The summed E-state index contributed by atoms with van der Waals surface area (Å²) in [7, 11) is 3.41. The monoisotopic (exact) mass is 504 g/mol. The highest BCUT2D eigenvalue weighted by Gasteiger charge is 2.26. The summed E-state index contributed by atoms with van der Waals surface area (Å²) in [5.41, 5.74) is 3.49. The minimum Gasteiger partial charge on any atom is -0.468 e. The Labute approximate surface area is 217 Å². The average molecular weight is 505 g/mol. The number of fused-ring (bicyclic) bond motifs is 1. The standard InChI is InChI=1S/C28H36N6O3/c1-32-25(18-33-10-4-3-5-11-33)24(17-30-32)21-6-7-22-16-29-26(15-23(22)14-21)31-28(36)20-8-12-34(13-9-20)19-27(35)37-2/h6-7,14-17,20H,3-5,8-13,18-19H2,1-2H3,(H,29,31,36). The first-order valence-electron chi connectivity index (χ1n) is 13.2. The molecule has 2 saturated heterocycles. The van der Waals surface area contributed by atoms with E-state index in [0.717, 1.165) is 41.5 Å². The van der Waals surface area contributed by atoms with Crippen molar-refractivity contribution in [2.75, 3.05) is 45.2 Å². The Bertz CT molecular complexity index is 1260. The highest BCUT2D eigenvalue weighted by atomic mass is 16.5. The minimum absolute atomic E-state index is 0.0169. The molecule has 4 heterocycles. The number of rotatable bonds is 7. The SMILES string of the molecule is COC(=O)CN1CCC(C(=O)Nc2cc3cc(-c4cnn(C)c4CN4CCCCC4)ccc3cn2)CC1. The topological polar surface area (TPSA) is 92.6 Å². The van der Waals surface area contributed by atoms with Crippen molar-refractivity contribution < 1.29 is 14.3 Å². The van der Waals surface area contributed by atoms with Gasteiger partial charge in [0.05, 0.1) is 25.5 Å². The molecule has 9 heteroatoms. The Hall–Kier alpha value is -3.30. The quantitative estimate of drug-likeness (QED) is 0.493. The number of anilines is 1. The first kappa shape index (κ1) is 25.4. The summed E-state index contributed by atoms with van der Waals surface area (Å²) in [6.45, 7) is 4.86. The van der Waals surface area contributed by atoms with Crippen LogP contribution in [0.2, 0.25) is 0 Å². The maximum atomic E-state index is 12.9. The van der Waals surface area contributed by atoms with Gasteiger partial charge in [-0.2, -0.15) is 5.10 Å². The molecule has 5 rings (SSSR count). The summed E-state index contributed by atoms with van der Waals surface area (Å²) in [5, 5.41) is 9.64. The van der Waals surface area contributed by atoms with E-state index >= 15 is 0 Å². The molecular weight excluding hydrogens is 468 g/mol. The van der Waals surface area contributed by atoms with E-state index in [1.54, 1.807) is 0 Å². The molecule has 3 aromatic rings. The number of piperidine rings is 2. The maximum absolute atomic E-state index is 12.9. The van der Waals surface area contributed by atoms with Crippen LogP contribution in [0.25, 0.3) is 21.9 Å². The first-order chi connectivity index (χ1) is 18.0. The molecule has 2 aliphatic heterocycles. The van der Waals surface area contributed by atoms with Crippen LogP contribution in [0.4, 0.5) is 5.82 Å². The van der Waals surface area contributed by atoms with Crippen LogP contribution >= 0.6 is 0 Å². The smallest absolute Gasteiger partial charge is 0.319 e. The molecule has 0 bridgehead atoms. The van der Waals surface area contributed by atoms with Crippen LogP contribution in [0.5, 0.6) is 0 Å². The Balaban J connectivity index is 1.28.